The maximum absolute atomic E-state index is 12.6. The highest BCUT2D eigenvalue weighted by Gasteiger charge is 2.39. The van der Waals surface area contributed by atoms with Gasteiger partial charge in [-0.2, -0.15) is 4.31 Å². The number of nitrogens with zero attached hydrogens (tertiary/aromatic N) is 1. The predicted octanol–water partition coefficient (Wildman–Crippen LogP) is 1.86. The normalized spacial score (nSPS) is 26.0. The number of morpholine rings is 1. The van der Waals surface area contributed by atoms with Crippen molar-refractivity contribution < 1.29 is 17.9 Å². The summed E-state index contributed by atoms with van der Waals surface area (Å²) in [5.74, 6) is 1.02. The first-order chi connectivity index (χ1) is 10.1. The van der Waals surface area contributed by atoms with Gasteiger partial charge in [0, 0.05) is 13.1 Å². The van der Waals surface area contributed by atoms with Crippen molar-refractivity contribution in [3.63, 3.8) is 0 Å². The number of benzene rings is 1. The van der Waals surface area contributed by atoms with Crippen molar-refractivity contribution in [1.29, 1.82) is 0 Å². The first-order valence-electron chi connectivity index (χ1n) is 7.04. The minimum absolute atomic E-state index is 0.0462. The summed E-state index contributed by atoms with van der Waals surface area (Å²) in [6, 6.07) is 6.48. The molecule has 0 amide bonds. The molecule has 116 valence electrons. The van der Waals surface area contributed by atoms with Crippen molar-refractivity contribution >= 4 is 21.6 Å². The van der Waals surface area contributed by atoms with Gasteiger partial charge < -0.3 is 9.47 Å². The number of hydrogen-bond donors (Lipinski definition) is 0. The fraction of sp³-hybridized carbons (Fsp3) is 0.571. The largest absolute Gasteiger partial charge is 0.492 e. The van der Waals surface area contributed by atoms with Crippen LogP contribution < -0.4 is 4.74 Å². The minimum atomic E-state index is -3.45. The van der Waals surface area contributed by atoms with Crippen LogP contribution in [0.15, 0.2) is 29.2 Å². The lowest BCUT2D eigenvalue weighted by atomic mass is 10.2. The standard InChI is InChI=1S/C14H18ClNO4S/c15-7-8-19-11-3-5-14(6-4-11)21(17,18)16-9-12-1-2-13(10-16)20-12/h3-6,12-13H,1-2,7-10H2. The summed E-state index contributed by atoms with van der Waals surface area (Å²) < 4.78 is 37.9. The molecule has 2 saturated heterocycles. The van der Waals surface area contributed by atoms with E-state index in [0.717, 1.165) is 12.8 Å². The van der Waals surface area contributed by atoms with E-state index in [2.05, 4.69) is 0 Å². The van der Waals surface area contributed by atoms with Crippen molar-refractivity contribution in [3.8, 4) is 5.75 Å². The third kappa shape index (κ3) is 3.18. The molecule has 7 heteroatoms. The number of ether oxygens (including phenoxy) is 2. The molecule has 0 saturated carbocycles. The lowest BCUT2D eigenvalue weighted by molar-refractivity contribution is -0.0114. The fourth-order valence-electron chi connectivity index (χ4n) is 2.79. The molecule has 21 heavy (non-hydrogen) atoms. The number of halogens is 1. The van der Waals surface area contributed by atoms with E-state index in [0.29, 0.717) is 36.2 Å². The molecule has 1 aromatic carbocycles. The van der Waals surface area contributed by atoms with Crippen molar-refractivity contribution in [2.75, 3.05) is 25.6 Å². The summed E-state index contributed by atoms with van der Waals surface area (Å²) in [7, 11) is -3.45. The monoisotopic (exact) mass is 331 g/mol. The minimum Gasteiger partial charge on any atom is -0.492 e. The Morgan fingerprint density at radius 3 is 2.38 bits per heavy atom. The van der Waals surface area contributed by atoms with Crippen LogP contribution in [0, 0.1) is 0 Å². The second kappa shape index (κ2) is 6.12. The van der Waals surface area contributed by atoms with Gasteiger partial charge in [-0.1, -0.05) is 0 Å². The maximum atomic E-state index is 12.6. The molecule has 2 bridgehead atoms. The smallest absolute Gasteiger partial charge is 0.243 e. The van der Waals surface area contributed by atoms with Crippen molar-refractivity contribution in [3.05, 3.63) is 24.3 Å². The zero-order chi connectivity index (χ0) is 14.9. The van der Waals surface area contributed by atoms with Gasteiger partial charge in [-0.3, -0.25) is 0 Å². The van der Waals surface area contributed by atoms with Crippen LogP contribution in [0.25, 0.3) is 0 Å². The van der Waals surface area contributed by atoms with Crippen molar-refractivity contribution in [1.82, 2.24) is 4.31 Å². The summed E-state index contributed by atoms with van der Waals surface area (Å²) in [4.78, 5) is 0.294. The summed E-state index contributed by atoms with van der Waals surface area (Å²) in [6.07, 6.45) is 1.98. The van der Waals surface area contributed by atoms with E-state index in [1.807, 2.05) is 0 Å². The van der Waals surface area contributed by atoms with Gasteiger partial charge in [0.05, 0.1) is 23.0 Å². The number of fused-ring (bicyclic) bond motifs is 2. The molecule has 0 radical (unpaired) electrons. The maximum Gasteiger partial charge on any atom is 0.243 e. The van der Waals surface area contributed by atoms with E-state index in [1.54, 1.807) is 24.3 Å². The molecule has 2 aliphatic heterocycles. The number of sulfonamides is 1. The van der Waals surface area contributed by atoms with Gasteiger partial charge in [-0.25, -0.2) is 8.42 Å². The van der Waals surface area contributed by atoms with Gasteiger partial charge >= 0.3 is 0 Å². The average molecular weight is 332 g/mol. The van der Waals surface area contributed by atoms with Gasteiger partial charge in [-0.15, -0.1) is 11.6 Å². The van der Waals surface area contributed by atoms with Gasteiger partial charge in [-0.05, 0) is 37.1 Å². The Labute approximate surface area is 129 Å². The summed E-state index contributed by atoms with van der Waals surface area (Å²) in [5.41, 5.74) is 0. The van der Waals surface area contributed by atoms with Crippen molar-refractivity contribution in [2.24, 2.45) is 0 Å². The van der Waals surface area contributed by atoms with Crippen LogP contribution in [0.5, 0.6) is 5.75 Å². The average Bonchev–Trinajstić information content (AvgIpc) is 2.83. The Kier molecular flexibility index (Phi) is 4.40. The zero-order valence-corrected chi connectivity index (χ0v) is 13.1. The Balaban J connectivity index is 1.75. The second-order valence-electron chi connectivity index (χ2n) is 5.29. The Morgan fingerprint density at radius 2 is 1.81 bits per heavy atom. The van der Waals surface area contributed by atoms with Gasteiger partial charge in [0.1, 0.15) is 12.4 Å². The molecule has 2 atom stereocenters. The molecule has 2 aliphatic rings. The highest BCUT2D eigenvalue weighted by atomic mass is 35.5. The van der Waals surface area contributed by atoms with Gasteiger partial charge in [0.25, 0.3) is 0 Å². The zero-order valence-electron chi connectivity index (χ0n) is 11.6. The highest BCUT2D eigenvalue weighted by molar-refractivity contribution is 7.89. The van der Waals surface area contributed by atoms with Crippen LogP contribution in [-0.2, 0) is 14.8 Å². The lowest BCUT2D eigenvalue weighted by Crippen LogP contribution is -2.45. The molecular formula is C14H18ClNO4S. The van der Waals surface area contributed by atoms with Crippen LogP contribution in [0.4, 0.5) is 0 Å². The van der Waals surface area contributed by atoms with Crippen molar-refractivity contribution in [2.45, 2.75) is 29.9 Å². The van der Waals surface area contributed by atoms with E-state index >= 15 is 0 Å². The first kappa shape index (κ1) is 15.1. The summed E-state index contributed by atoms with van der Waals surface area (Å²) in [6.45, 7) is 1.30. The third-order valence-electron chi connectivity index (χ3n) is 3.82. The van der Waals surface area contributed by atoms with Crippen LogP contribution in [0.2, 0.25) is 0 Å². The quantitative estimate of drug-likeness (QED) is 0.773. The fourth-order valence-corrected chi connectivity index (χ4v) is 4.37. The van der Waals surface area contributed by atoms with Gasteiger partial charge in [0.2, 0.25) is 10.0 Å². The molecule has 3 rings (SSSR count). The molecule has 0 spiro atoms. The summed E-state index contributed by atoms with van der Waals surface area (Å²) >= 11 is 5.55. The van der Waals surface area contributed by atoms with E-state index in [4.69, 9.17) is 21.1 Å². The number of rotatable bonds is 5. The van der Waals surface area contributed by atoms with Crippen LogP contribution in [0.1, 0.15) is 12.8 Å². The molecule has 2 unspecified atom stereocenters. The topological polar surface area (TPSA) is 55.8 Å². The molecule has 1 aromatic rings. The van der Waals surface area contributed by atoms with E-state index in [1.165, 1.54) is 4.31 Å². The van der Waals surface area contributed by atoms with Crippen LogP contribution in [-0.4, -0.2) is 50.5 Å². The van der Waals surface area contributed by atoms with E-state index < -0.39 is 10.0 Å². The molecule has 0 N–H and O–H groups in total. The molecule has 5 nitrogen and oxygen atoms in total. The molecule has 2 fully saturated rings. The van der Waals surface area contributed by atoms with E-state index in [9.17, 15) is 8.42 Å². The summed E-state index contributed by atoms with van der Waals surface area (Å²) in [5, 5.41) is 0. The molecule has 0 aromatic heterocycles. The lowest BCUT2D eigenvalue weighted by Gasteiger charge is -2.31. The second-order valence-corrected chi connectivity index (χ2v) is 7.60. The number of alkyl halides is 1. The van der Waals surface area contributed by atoms with Gasteiger partial charge in [0.15, 0.2) is 0 Å². The Bertz CT molecular complexity index is 577. The van der Waals surface area contributed by atoms with Crippen LogP contribution in [0.3, 0.4) is 0 Å². The van der Waals surface area contributed by atoms with E-state index in [-0.39, 0.29) is 12.2 Å². The third-order valence-corrected chi connectivity index (χ3v) is 5.82. The Hall–Kier alpha value is -0.820. The molecule has 2 heterocycles. The Morgan fingerprint density at radius 1 is 1.19 bits per heavy atom. The van der Waals surface area contributed by atoms with Crippen LogP contribution >= 0.6 is 11.6 Å². The number of hydrogen-bond acceptors (Lipinski definition) is 4. The SMILES string of the molecule is O=S(=O)(c1ccc(OCCCl)cc1)N1CC2CCC(C1)O2. The highest BCUT2D eigenvalue weighted by Crippen LogP contribution is 2.30. The molecule has 0 aliphatic carbocycles. The first-order valence-corrected chi connectivity index (χ1v) is 9.01. The predicted molar refractivity (Wildman–Crippen MR) is 79.3 cm³/mol. The molecular weight excluding hydrogens is 314 g/mol.